The normalized spacial score (nSPS) is 15.8. The van der Waals surface area contributed by atoms with E-state index in [9.17, 15) is 19.7 Å². The molecule has 0 aliphatic carbocycles. The van der Waals surface area contributed by atoms with Gasteiger partial charge in [0, 0.05) is 17.2 Å². The first-order valence-electron chi connectivity index (χ1n) is 9.41. The number of nitrogens with zero attached hydrogens (tertiary/aromatic N) is 3. The smallest absolute Gasteiger partial charge is 0.338 e. The van der Waals surface area contributed by atoms with Gasteiger partial charge in [0.05, 0.1) is 27.8 Å². The second kappa shape index (κ2) is 8.52. The van der Waals surface area contributed by atoms with Crippen molar-refractivity contribution < 1.29 is 14.5 Å². The third kappa shape index (κ3) is 3.76. The summed E-state index contributed by atoms with van der Waals surface area (Å²) in [6, 6.07) is 12.1. The van der Waals surface area contributed by atoms with Gasteiger partial charge in [0.2, 0.25) is 0 Å². The van der Waals surface area contributed by atoms with Crippen molar-refractivity contribution in [1.82, 2.24) is 4.57 Å². The molecule has 0 fully saturated rings. The molecule has 0 saturated carbocycles. The fourth-order valence-electron chi connectivity index (χ4n) is 3.56. The number of carbonyl (C=O) groups is 1. The summed E-state index contributed by atoms with van der Waals surface area (Å²) in [5.74, 6) is -0.607. The van der Waals surface area contributed by atoms with Gasteiger partial charge in [-0.25, -0.2) is 9.79 Å². The topological polar surface area (TPSA) is 104 Å². The highest BCUT2D eigenvalue weighted by Crippen LogP contribution is 2.34. The number of hydrogen-bond acceptors (Lipinski definition) is 7. The number of non-ortho nitro benzene ring substituents is 1. The van der Waals surface area contributed by atoms with Gasteiger partial charge < -0.3 is 4.74 Å². The minimum Gasteiger partial charge on any atom is -0.466 e. The number of carbonyl (C=O) groups excluding carboxylic acids is 1. The number of esters is 1. The molecule has 2 heterocycles. The Balaban J connectivity index is 1.98. The first-order valence-corrected chi connectivity index (χ1v) is 10.6. The maximum atomic E-state index is 13.4. The predicted molar refractivity (Wildman–Crippen MR) is 120 cm³/mol. The quantitative estimate of drug-likeness (QED) is 0.332. The fourth-order valence-corrected chi connectivity index (χ4v) is 4.85. The average molecular weight is 470 g/mol. The van der Waals surface area contributed by atoms with Gasteiger partial charge in [0.1, 0.15) is 6.04 Å². The van der Waals surface area contributed by atoms with Crippen LogP contribution in [-0.4, -0.2) is 22.6 Å². The number of fused-ring (bicyclic) bond motifs is 1. The Morgan fingerprint density at radius 3 is 2.72 bits per heavy atom. The first-order chi connectivity index (χ1) is 15.3. The van der Waals surface area contributed by atoms with E-state index in [2.05, 4.69) is 4.99 Å². The molecule has 0 spiro atoms. The molecule has 10 heteroatoms. The van der Waals surface area contributed by atoms with Crippen LogP contribution in [0.25, 0.3) is 6.08 Å². The van der Waals surface area contributed by atoms with Gasteiger partial charge in [-0.05, 0) is 30.2 Å². The van der Waals surface area contributed by atoms with E-state index >= 15 is 0 Å². The minimum absolute atomic E-state index is 0.0794. The number of thiazole rings is 1. The molecule has 0 saturated heterocycles. The van der Waals surface area contributed by atoms with Crippen LogP contribution in [0.15, 0.2) is 69.6 Å². The van der Waals surface area contributed by atoms with Crippen LogP contribution in [0.3, 0.4) is 0 Å². The zero-order chi connectivity index (χ0) is 23.0. The van der Waals surface area contributed by atoms with Crippen LogP contribution < -0.4 is 14.9 Å². The third-order valence-electron chi connectivity index (χ3n) is 5.01. The molecule has 1 aliphatic rings. The molecule has 0 N–H and O–H groups in total. The standard InChI is InChI=1S/C22H16ClN3O5S/c1-12-18(21(28)31-2)19(15-8-3-4-9-16(15)23)25-20(27)17(32-22(25)24-12)11-13-6-5-7-14(10-13)26(29)30/h3-11,19H,1-2H3/t19-/m1/s1. The van der Waals surface area contributed by atoms with Crippen molar-refractivity contribution in [1.29, 1.82) is 0 Å². The van der Waals surface area contributed by atoms with Crippen molar-refractivity contribution in [2.45, 2.75) is 13.0 Å². The van der Waals surface area contributed by atoms with E-state index in [1.54, 1.807) is 49.4 Å². The lowest BCUT2D eigenvalue weighted by Crippen LogP contribution is -2.39. The summed E-state index contributed by atoms with van der Waals surface area (Å²) in [5.41, 5.74) is 1.23. The Labute approximate surface area is 190 Å². The zero-order valence-electron chi connectivity index (χ0n) is 16.9. The van der Waals surface area contributed by atoms with E-state index in [0.717, 1.165) is 11.3 Å². The number of aromatic nitrogens is 1. The van der Waals surface area contributed by atoms with E-state index in [4.69, 9.17) is 16.3 Å². The minimum atomic E-state index is -0.820. The summed E-state index contributed by atoms with van der Waals surface area (Å²) < 4.78 is 6.69. The van der Waals surface area contributed by atoms with E-state index in [0.29, 0.717) is 31.2 Å². The van der Waals surface area contributed by atoms with Crippen molar-refractivity contribution in [3.8, 4) is 0 Å². The highest BCUT2D eigenvalue weighted by atomic mass is 35.5. The second-order valence-corrected chi connectivity index (χ2v) is 8.36. The molecule has 2 aromatic carbocycles. The van der Waals surface area contributed by atoms with Crippen LogP contribution in [0.2, 0.25) is 5.02 Å². The molecule has 32 heavy (non-hydrogen) atoms. The van der Waals surface area contributed by atoms with E-state index < -0.39 is 16.9 Å². The number of benzene rings is 2. The second-order valence-electron chi connectivity index (χ2n) is 6.95. The molecule has 1 atom stereocenters. The zero-order valence-corrected chi connectivity index (χ0v) is 18.5. The lowest BCUT2D eigenvalue weighted by Gasteiger charge is -2.25. The van der Waals surface area contributed by atoms with Crippen LogP contribution >= 0.6 is 22.9 Å². The summed E-state index contributed by atoms with van der Waals surface area (Å²) in [6.45, 7) is 1.67. The van der Waals surface area contributed by atoms with Crippen molar-refractivity contribution in [3.05, 3.63) is 106 Å². The lowest BCUT2D eigenvalue weighted by atomic mass is 9.96. The highest BCUT2D eigenvalue weighted by Gasteiger charge is 2.34. The molecule has 0 bridgehead atoms. The van der Waals surface area contributed by atoms with Crippen LogP contribution in [0, 0.1) is 10.1 Å². The van der Waals surface area contributed by atoms with Crippen LogP contribution in [-0.2, 0) is 9.53 Å². The van der Waals surface area contributed by atoms with Crippen LogP contribution in [0.1, 0.15) is 24.1 Å². The van der Waals surface area contributed by atoms with Crippen LogP contribution in [0.4, 0.5) is 5.69 Å². The Kier molecular flexibility index (Phi) is 5.77. The number of rotatable bonds is 4. The Morgan fingerprint density at radius 2 is 2.03 bits per heavy atom. The number of ether oxygens (including phenoxy) is 1. The monoisotopic (exact) mass is 469 g/mol. The van der Waals surface area contributed by atoms with E-state index in [1.165, 1.54) is 23.8 Å². The molecule has 162 valence electrons. The van der Waals surface area contributed by atoms with Gasteiger partial charge in [-0.1, -0.05) is 53.3 Å². The summed E-state index contributed by atoms with van der Waals surface area (Å²) in [5, 5.41) is 11.5. The molecule has 8 nitrogen and oxygen atoms in total. The van der Waals surface area contributed by atoms with Gasteiger partial charge >= 0.3 is 5.97 Å². The molecule has 1 aromatic heterocycles. The van der Waals surface area contributed by atoms with Gasteiger partial charge in [-0.2, -0.15) is 0 Å². The molecule has 4 rings (SSSR count). The lowest BCUT2D eigenvalue weighted by molar-refractivity contribution is -0.384. The molecule has 1 aliphatic heterocycles. The maximum Gasteiger partial charge on any atom is 0.338 e. The number of nitro groups is 1. The molecular formula is C22H16ClN3O5S. The third-order valence-corrected chi connectivity index (χ3v) is 6.33. The van der Waals surface area contributed by atoms with E-state index in [1.807, 2.05) is 0 Å². The SMILES string of the molecule is COC(=O)C1=C(C)N=c2sc(=Cc3cccc([N+](=O)[O-])c3)c(=O)n2[C@@H]1c1ccccc1Cl. The fraction of sp³-hybridized carbons (Fsp3) is 0.136. The van der Waals surface area contributed by atoms with Gasteiger partial charge in [-0.3, -0.25) is 19.5 Å². The summed E-state index contributed by atoms with van der Waals surface area (Å²) in [7, 11) is 1.26. The van der Waals surface area contributed by atoms with Crippen LogP contribution in [0.5, 0.6) is 0 Å². The number of nitro benzene ring substituents is 1. The molecular weight excluding hydrogens is 454 g/mol. The van der Waals surface area contributed by atoms with Gasteiger partial charge in [-0.15, -0.1) is 0 Å². The summed E-state index contributed by atoms with van der Waals surface area (Å²) in [4.78, 5) is 41.5. The van der Waals surface area contributed by atoms with Crippen molar-refractivity contribution in [3.63, 3.8) is 0 Å². The molecule has 0 radical (unpaired) electrons. The van der Waals surface area contributed by atoms with Crippen molar-refractivity contribution >= 4 is 40.7 Å². The predicted octanol–water partition coefficient (Wildman–Crippen LogP) is 2.97. The van der Waals surface area contributed by atoms with Gasteiger partial charge in [0.25, 0.3) is 11.2 Å². The highest BCUT2D eigenvalue weighted by molar-refractivity contribution is 7.07. The van der Waals surface area contributed by atoms with E-state index in [-0.39, 0.29) is 16.8 Å². The Morgan fingerprint density at radius 1 is 1.28 bits per heavy atom. The Hall–Kier alpha value is -3.56. The largest absolute Gasteiger partial charge is 0.466 e. The number of allylic oxidation sites excluding steroid dienone is 1. The number of methoxy groups -OCH3 is 1. The first kappa shape index (κ1) is 21.7. The summed E-state index contributed by atoms with van der Waals surface area (Å²) in [6.07, 6.45) is 1.57. The summed E-state index contributed by atoms with van der Waals surface area (Å²) >= 11 is 7.56. The molecule has 0 amide bonds. The van der Waals surface area contributed by atoms with Gasteiger partial charge in [0.15, 0.2) is 4.80 Å². The van der Waals surface area contributed by atoms with Crippen molar-refractivity contribution in [2.24, 2.45) is 4.99 Å². The Bertz CT molecular complexity index is 1470. The van der Waals surface area contributed by atoms with Crippen molar-refractivity contribution in [2.75, 3.05) is 7.11 Å². The number of hydrogen-bond donors (Lipinski definition) is 0. The average Bonchev–Trinajstić information content (AvgIpc) is 3.07. The molecule has 3 aromatic rings. The number of halogens is 1. The maximum absolute atomic E-state index is 13.4. The molecule has 0 unspecified atom stereocenters.